The summed E-state index contributed by atoms with van der Waals surface area (Å²) in [5.41, 5.74) is 1.57. The molecule has 0 atom stereocenters. The molecule has 4 rings (SSSR count). The Hall–Kier alpha value is -3.23. The number of sulfonamides is 1. The summed E-state index contributed by atoms with van der Waals surface area (Å²) in [5, 5.41) is 2.95. The minimum Gasteiger partial charge on any atom is -0.455 e. The van der Waals surface area contributed by atoms with Gasteiger partial charge in [0, 0.05) is 30.9 Å². The average Bonchev–Trinajstić information content (AvgIpc) is 2.82. The third kappa shape index (κ3) is 4.98. The van der Waals surface area contributed by atoms with Gasteiger partial charge in [-0.1, -0.05) is 18.2 Å². The number of carbonyl (C=O) groups is 1. The normalized spacial score (nSPS) is 15.3. The topological polar surface area (TPSA) is 88.6 Å². The molecule has 0 bridgehead atoms. The molecule has 1 aliphatic rings. The molecule has 1 fully saturated rings. The lowest BCUT2D eigenvalue weighted by molar-refractivity contribution is -0.120. The molecule has 1 aromatic heterocycles. The van der Waals surface area contributed by atoms with Crippen molar-refractivity contribution < 1.29 is 17.9 Å². The quantitative estimate of drug-likeness (QED) is 0.606. The van der Waals surface area contributed by atoms with Crippen LogP contribution in [0.15, 0.2) is 78.0 Å². The Morgan fingerprint density at radius 1 is 1.06 bits per heavy atom. The molecule has 8 heteroatoms. The number of benzene rings is 2. The van der Waals surface area contributed by atoms with Gasteiger partial charge in [-0.2, -0.15) is 4.31 Å². The third-order valence-corrected chi connectivity index (χ3v) is 7.42. The molecule has 0 unspecified atom stereocenters. The number of pyridine rings is 1. The van der Waals surface area contributed by atoms with Crippen LogP contribution in [0.3, 0.4) is 0 Å². The molecule has 32 heavy (non-hydrogen) atoms. The third-order valence-electron chi connectivity index (χ3n) is 5.51. The van der Waals surface area contributed by atoms with Crippen molar-refractivity contribution in [2.75, 3.05) is 18.4 Å². The Morgan fingerprint density at radius 3 is 2.47 bits per heavy atom. The van der Waals surface area contributed by atoms with Crippen LogP contribution in [0.4, 0.5) is 5.69 Å². The van der Waals surface area contributed by atoms with Crippen molar-refractivity contribution in [3.05, 3.63) is 78.6 Å². The lowest BCUT2D eigenvalue weighted by Crippen LogP contribution is -2.41. The Bertz CT molecular complexity index is 1180. The predicted octanol–water partition coefficient (Wildman–Crippen LogP) is 4.22. The molecule has 0 radical (unpaired) electrons. The van der Waals surface area contributed by atoms with E-state index in [0.29, 0.717) is 43.1 Å². The van der Waals surface area contributed by atoms with Gasteiger partial charge in [-0.3, -0.25) is 9.78 Å². The number of piperidine rings is 1. The van der Waals surface area contributed by atoms with E-state index in [4.69, 9.17) is 4.74 Å². The summed E-state index contributed by atoms with van der Waals surface area (Å²) in [6.07, 6.45) is 4.29. The zero-order valence-corrected chi connectivity index (χ0v) is 18.6. The number of ether oxygens (including phenoxy) is 1. The second-order valence-electron chi connectivity index (χ2n) is 7.75. The first-order chi connectivity index (χ1) is 15.4. The van der Waals surface area contributed by atoms with Crippen LogP contribution >= 0.6 is 0 Å². The highest BCUT2D eigenvalue weighted by Gasteiger charge is 2.32. The number of nitrogens with zero attached hydrogens (tertiary/aromatic N) is 2. The molecule has 0 aliphatic carbocycles. The summed E-state index contributed by atoms with van der Waals surface area (Å²) in [6.45, 7) is 2.56. The second kappa shape index (κ2) is 9.50. The summed E-state index contributed by atoms with van der Waals surface area (Å²) in [7, 11) is -3.52. The van der Waals surface area contributed by atoms with E-state index in [1.165, 1.54) is 4.31 Å². The van der Waals surface area contributed by atoms with Crippen LogP contribution in [0.25, 0.3) is 0 Å². The first kappa shape index (κ1) is 22.0. The van der Waals surface area contributed by atoms with Crippen molar-refractivity contribution in [1.29, 1.82) is 0 Å². The van der Waals surface area contributed by atoms with Gasteiger partial charge >= 0.3 is 0 Å². The highest BCUT2D eigenvalue weighted by atomic mass is 32.2. The minimum atomic E-state index is -3.52. The highest BCUT2D eigenvalue weighted by molar-refractivity contribution is 7.89. The Labute approximate surface area is 188 Å². The Kier molecular flexibility index (Phi) is 6.53. The van der Waals surface area contributed by atoms with Crippen LogP contribution in [-0.4, -0.2) is 36.7 Å². The number of carbonyl (C=O) groups excluding carboxylic acids is 1. The van der Waals surface area contributed by atoms with Crippen molar-refractivity contribution in [2.24, 2.45) is 5.92 Å². The molecule has 2 aromatic carbocycles. The zero-order valence-electron chi connectivity index (χ0n) is 17.8. The van der Waals surface area contributed by atoms with Crippen molar-refractivity contribution in [1.82, 2.24) is 9.29 Å². The van der Waals surface area contributed by atoms with Crippen LogP contribution in [0.1, 0.15) is 18.4 Å². The van der Waals surface area contributed by atoms with Gasteiger partial charge in [0.1, 0.15) is 11.5 Å². The van der Waals surface area contributed by atoms with Crippen LogP contribution in [-0.2, 0) is 14.8 Å². The van der Waals surface area contributed by atoms with E-state index >= 15 is 0 Å². The Balaban J connectivity index is 1.34. The summed E-state index contributed by atoms with van der Waals surface area (Å²) >= 11 is 0. The van der Waals surface area contributed by atoms with Crippen molar-refractivity contribution in [3.8, 4) is 11.5 Å². The number of aromatic nitrogens is 1. The van der Waals surface area contributed by atoms with E-state index < -0.39 is 10.0 Å². The van der Waals surface area contributed by atoms with E-state index in [1.54, 1.807) is 54.9 Å². The summed E-state index contributed by atoms with van der Waals surface area (Å²) in [5.74, 6) is 1.01. The average molecular weight is 452 g/mol. The van der Waals surface area contributed by atoms with E-state index in [2.05, 4.69) is 10.3 Å². The monoisotopic (exact) mass is 451 g/mol. The van der Waals surface area contributed by atoms with Crippen molar-refractivity contribution in [3.63, 3.8) is 0 Å². The fourth-order valence-electron chi connectivity index (χ4n) is 3.72. The zero-order chi connectivity index (χ0) is 22.6. The number of hydrogen-bond donors (Lipinski definition) is 1. The van der Waals surface area contributed by atoms with E-state index in [1.807, 2.05) is 25.1 Å². The molecule has 0 spiro atoms. The molecule has 1 amide bonds. The van der Waals surface area contributed by atoms with Gasteiger partial charge in [0.25, 0.3) is 0 Å². The van der Waals surface area contributed by atoms with Gasteiger partial charge in [-0.15, -0.1) is 0 Å². The maximum absolute atomic E-state index is 12.8. The predicted molar refractivity (Wildman–Crippen MR) is 122 cm³/mol. The van der Waals surface area contributed by atoms with Gasteiger partial charge < -0.3 is 10.1 Å². The molecule has 1 saturated heterocycles. The highest BCUT2D eigenvalue weighted by Crippen LogP contribution is 2.28. The molecule has 3 aromatic rings. The van der Waals surface area contributed by atoms with Gasteiger partial charge in [-0.05, 0) is 67.8 Å². The standard InChI is InChI=1S/C24H25N3O4S/c1-18-16-20(9-10-23(18)31-21-6-5-13-25-17-21)26-24(28)19-11-14-27(15-12-19)32(29,30)22-7-3-2-4-8-22/h2-10,13,16-17,19H,11-12,14-15H2,1H3,(H,26,28). The van der Waals surface area contributed by atoms with Gasteiger partial charge in [0.15, 0.2) is 0 Å². The number of aryl methyl sites for hydroxylation is 1. The fourth-order valence-corrected chi connectivity index (χ4v) is 5.21. The summed E-state index contributed by atoms with van der Waals surface area (Å²) < 4.78 is 32.8. The largest absolute Gasteiger partial charge is 0.455 e. The minimum absolute atomic E-state index is 0.0953. The SMILES string of the molecule is Cc1cc(NC(=O)C2CCN(S(=O)(=O)c3ccccc3)CC2)ccc1Oc1cccnc1. The van der Waals surface area contributed by atoms with E-state index in [9.17, 15) is 13.2 Å². The smallest absolute Gasteiger partial charge is 0.243 e. The van der Waals surface area contributed by atoms with Gasteiger partial charge in [-0.25, -0.2) is 8.42 Å². The Morgan fingerprint density at radius 2 is 1.81 bits per heavy atom. The van der Waals surface area contributed by atoms with Crippen LogP contribution < -0.4 is 10.1 Å². The maximum Gasteiger partial charge on any atom is 0.243 e. The van der Waals surface area contributed by atoms with Crippen molar-refractivity contribution in [2.45, 2.75) is 24.7 Å². The second-order valence-corrected chi connectivity index (χ2v) is 9.69. The number of nitrogens with one attached hydrogen (secondary N) is 1. The molecule has 1 aliphatic heterocycles. The summed E-state index contributed by atoms with van der Waals surface area (Å²) in [4.78, 5) is 17.1. The first-order valence-corrected chi connectivity index (χ1v) is 11.9. The van der Waals surface area contributed by atoms with Gasteiger partial charge in [0.05, 0.1) is 11.1 Å². The van der Waals surface area contributed by atoms with Crippen LogP contribution in [0, 0.1) is 12.8 Å². The van der Waals surface area contributed by atoms with E-state index in [0.717, 1.165) is 5.56 Å². The fraction of sp³-hybridized carbons (Fsp3) is 0.250. The molecule has 2 heterocycles. The lowest BCUT2D eigenvalue weighted by Gasteiger charge is -2.30. The van der Waals surface area contributed by atoms with Gasteiger partial charge in [0.2, 0.25) is 15.9 Å². The first-order valence-electron chi connectivity index (χ1n) is 10.5. The number of hydrogen-bond acceptors (Lipinski definition) is 5. The number of anilines is 1. The molecule has 1 N–H and O–H groups in total. The van der Waals surface area contributed by atoms with Crippen molar-refractivity contribution >= 4 is 21.6 Å². The van der Waals surface area contributed by atoms with Crippen LogP contribution in [0.5, 0.6) is 11.5 Å². The summed E-state index contributed by atoms with van der Waals surface area (Å²) in [6, 6.07) is 17.5. The molecule has 166 valence electrons. The number of amides is 1. The molecule has 0 saturated carbocycles. The lowest BCUT2D eigenvalue weighted by atomic mass is 9.97. The molecular formula is C24H25N3O4S. The molecular weight excluding hydrogens is 426 g/mol. The molecule has 7 nitrogen and oxygen atoms in total. The number of rotatable bonds is 6. The van der Waals surface area contributed by atoms with Crippen LogP contribution in [0.2, 0.25) is 0 Å². The van der Waals surface area contributed by atoms with E-state index in [-0.39, 0.29) is 16.7 Å². The maximum atomic E-state index is 12.8.